The number of azide groups is 1. The van der Waals surface area contributed by atoms with Gasteiger partial charge in [-0.2, -0.15) is 0 Å². The zero-order chi connectivity index (χ0) is 10.4. The summed E-state index contributed by atoms with van der Waals surface area (Å²) in [5.41, 5.74) is 15.7. The number of anilines is 1. The summed E-state index contributed by atoms with van der Waals surface area (Å²) in [4.78, 5) is 2.74. The van der Waals surface area contributed by atoms with Gasteiger partial charge in [0.05, 0.1) is 0 Å². The van der Waals surface area contributed by atoms with Gasteiger partial charge < -0.3 is 5.73 Å². The Morgan fingerprint density at radius 1 is 1.43 bits per heavy atom. The molecule has 1 aromatic carbocycles. The molecule has 0 radical (unpaired) electrons. The number of nitrogen functional groups attached to an aromatic ring is 1. The van der Waals surface area contributed by atoms with Crippen LogP contribution in [0.25, 0.3) is 10.4 Å². The number of benzene rings is 1. The van der Waals surface area contributed by atoms with Crippen molar-refractivity contribution in [3.8, 4) is 0 Å². The van der Waals surface area contributed by atoms with E-state index in [0.29, 0.717) is 12.5 Å². The Morgan fingerprint density at radius 2 is 2.07 bits per heavy atom. The second-order valence-electron chi connectivity index (χ2n) is 3.46. The molecule has 0 saturated heterocycles. The lowest BCUT2D eigenvalue weighted by Crippen LogP contribution is -2.03. The van der Waals surface area contributed by atoms with Gasteiger partial charge in [0.15, 0.2) is 0 Å². The molecule has 0 saturated carbocycles. The predicted octanol–water partition coefficient (Wildman–Crippen LogP) is 2.76. The number of nitrogens with two attached hydrogens (primary N) is 1. The molecule has 4 nitrogen and oxygen atoms in total. The van der Waals surface area contributed by atoms with Gasteiger partial charge in [0.2, 0.25) is 0 Å². The number of nitrogens with zero attached hydrogens (tertiary/aromatic N) is 3. The second-order valence-corrected chi connectivity index (χ2v) is 3.46. The maximum Gasteiger partial charge on any atom is 0.0314 e. The molecule has 74 valence electrons. The summed E-state index contributed by atoms with van der Waals surface area (Å²) in [6.07, 6.45) is 0.916. The molecule has 0 aromatic heterocycles. The molecule has 4 heteroatoms. The van der Waals surface area contributed by atoms with Crippen molar-refractivity contribution in [3.63, 3.8) is 0 Å². The van der Waals surface area contributed by atoms with E-state index in [9.17, 15) is 0 Å². The molecule has 0 fully saturated rings. The minimum atomic E-state index is 0.370. The predicted molar refractivity (Wildman–Crippen MR) is 57.7 cm³/mol. The van der Waals surface area contributed by atoms with Gasteiger partial charge in [-0.15, -0.1) is 0 Å². The van der Waals surface area contributed by atoms with Crippen LogP contribution in [0, 0.1) is 5.92 Å². The van der Waals surface area contributed by atoms with E-state index < -0.39 is 0 Å². The van der Waals surface area contributed by atoms with E-state index in [-0.39, 0.29) is 0 Å². The first kappa shape index (κ1) is 10.4. The van der Waals surface area contributed by atoms with Crippen LogP contribution in [0.3, 0.4) is 0 Å². The van der Waals surface area contributed by atoms with Gasteiger partial charge in [0.1, 0.15) is 0 Å². The topological polar surface area (TPSA) is 74.8 Å². The van der Waals surface area contributed by atoms with E-state index in [1.54, 1.807) is 0 Å². The SMILES string of the molecule is C[C@H](CN=[N+]=[N-])Cc1ccc(N)cc1. The largest absolute Gasteiger partial charge is 0.399 e. The summed E-state index contributed by atoms with van der Waals surface area (Å²) in [6, 6.07) is 7.77. The van der Waals surface area contributed by atoms with Crippen molar-refractivity contribution in [3.05, 3.63) is 40.3 Å². The van der Waals surface area contributed by atoms with E-state index >= 15 is 0 Å². The number of hydrogen-bond acceptors (Lipinski definition) is 2. The highest BCUT2D eigenvalue weighted by Crippen LogP contribution is 2.11. The lowest BCUT2D eigenvalue weighted by Gasteiger charge is -2.07. The second kappa shape index (κ2) is 5.14. The lowest BCUT2D eigenvalue weighted by molar-refractivity contribution is 0.591. The lowest BCUT2D eigenvalue weighted by atomic mass is 10.0. The highest BCUT2D eigenvalue weighted by atomic mass is 15.1. The zero-order valence-corrected chi connectivity index (χ0v) is 8.22. The molecular formula is C10H14N4. The van der Waals surface area contributed by atoms with Crippen LogP contribution >= 0.6 is 0 Å². The minimum Gasteiger partial charge on any atom is -0.399 e. The molecule has 0 amide bonds. The van der Waals surface area contributed by atoms with Gasteiger partial charge in [-0.3, -0.25) is 0 Å². The molecular weight excluding hydrogens is 176 g/mol. The number of rotatable bonds is 4. The van der Waals surface area contributed by atoms with Crippen LogP contribution in [0.1, 0.15) is 12.5 Å². The van der Waals surface area contributed by atoms with Gasteiger partial charge in [-0.1, -0.05) is 24.2 Å². The van der Waals surface area contributed by atoms with E-state index in [2.05, 4.69) is 16.9 Å². The van der Waals surface area contributed by atoms with Gasteiger partial charge in [-0.25, -0.2) is 0 Å². The first-order chi connectivity index (χ1) is 6.72. The quantitative estimate of drug-likeness (QED) is 0.337. The Bertz CT molecular complexity index is 324. The van der Waals surface area contributed by atoms with Crippen LogP contribution in [-0.4, -0.2) is 6.54 Å². The van der Waals surface area contributed by atoms with Crippen molar-refractivity contribution in [2.75, 3.05) is 12.3 Å². The maximum atomic E-state index is 8.16. The fraction of sp³-hybridized carbons (Fsp3) is 0.400. The molecule has 2 N–H and O–H groups in total. The van der Waals surface area contributed by atoms with E-state index in [1.165, 1.54) is 5.56 Å². The molecule has 0 spiro atoms. The third kappa shape index (κ3) is 3.37. The van der Waals surface area contributed by atoms with E-state index in [1.807, 2.05) is 24.3 Å². The van der Waals surface area contributed by atoms with E-state index in [0.717, 1.165) is 12.1 Å². The summed E-state index contributed by atoms with van der Waals surface area (Å²) in [5, 5.41) is 3.54. The fourth-order valence-corrected chi connectivity index (χ4v) is 1.30. The molecule has 14 heavy (non-hydrogen) atoms. The highest BCUT2D eigenvalue weighted by molar-refractivity contribution is 5.39. The first-order valence-corrected chi connectivity index (χ1v) is 4.57. The summed E-state index contributed by atoms with van der Waals surface area (Å²) < 4.78 is 0. The molecule has 0 unspecified atom stereocenters. The first-order valence-electron chi connectivity index (χ1n) is 4.57. The third-order valence-electron chi connectivity index (χ3n) is 2.02. The van der Waals surface area contributed by atoms with E-state index in [4.69, 9.17) is 11.3 Å². The van der Waals surface area contributed by atoms with Gasteiger partial charge in [-0.05, 0) is 35.6 Å². The van der Waals surface area contributed by atoms with Gasteiger partial charge >= 0.3 is 0 Å². The van der Waals surface area contributed by atoms with Crippen LogP contribution in [0.2, 0.25) is 0 Å². The zero-order valence-electron chi connectivity index (χ0n) is 8.22. The van der Waals surface area contributed by atoms with Crippen molar-refractivity contribution in [1.29, 1.82) is 0 Å². The smallest absolute Gasteiger partial charge is 0.0314 e. The van der Waals surface area contributed by atoms with Crippen LogP contribution in [0.15, 0.2) is 29.4 Å². The molecule has 1 atom stereocenters. The Kier molecular flexibility index (Phi) is 3.83. The Hall–Kier alpha value is -1.67. The van der Waals surface area contributed by atoms with Gasteiger partial charge in [0.25, 0.3) is 0 Å². The molecule has 0 aliphatic carbocycles. The Labute approximate surface area is 83.4 Å². The molecule has 0 aliphatic heterocycles. The van der Waals surface area contributed by atoms with Crippen LogP contribution in [-0.2, 0) is 6.42 Å². The monoisotopic (exact) mass is 190 g/mol. The summed E-state index contributed by atoms with van der Waals surface area (Å²) in [7, 11) is 0. The summed E-state index contributed by atoms with van der Waals surface area (Å²) >= 11 is 0. The Balaban J connectivity index is 2.51. The Morgan fingerprint density at radius 3 is 2.64 bits per heavy atom. The highest BCUT2D eigenvalue weighted by Gasteiger charge is 2.01. The van der Waals surface area contributed by atoms with Crippen molar-refractivity contribution in [2.45, 2.75) is 13.3 Å². The van der Waals surface area contributed by atoms with Gasteiger partial charge in [0, 0.05) is 17.1 Å². The maximum absolute atomic E-state index is 8.16. The molecule has 0 aliphatic rings. The average molecular weight is 190 g/mol. The van der Waals surface area contributed by atoms with Crippen molar-refractivity contribution < 1.29 is 0 Å². The fourth-order valence-electron chi connectivity index (χ4n) is 1.30. The van der Waals surface area contributed by atoms with Crippen LogP contribution in [0.4, 0.5) is 5.69 Å². The standard InChI is InChI=1S/C10H14N4/c1-8(7-13-14-12)6-9-2-4-10(11)5-3-9/h2-5,8H,6-7,11H2,1H3/t8-/m0/s1. The molecule has 0 bridgehead atoms. The number of hydrogen-bond donors (Lipinski definition) is 1. The van der Waals surface area contributed by atoms with Crippen molar-refractivity contribution >= 4 is 5.69 Å². The molecule has 1 aromatic rings. The minimum absolute atomic E-state index is 0.370. The third-order valence-corrected chi connectivity index (χ3v) is 2.02. The molecule has 1 rings (SSSR count). The van der Waals surface area contributed by atoms with Crippen molar-refractivity contribution in [1.82, 2.24) is 0 Å². The van der Waals surface area contributed by atoms with Crippen LogP contribution < -0.4 is 5.73 Å². The van der Waals surface area contributed by atoms with Crippen LogP contribution in [0.5, 0.6) is 0 Å². The van der Waals surface area contributed by atoms with Crippen molar-refractivity contribution in [2.24, 2.45) is 11.0 Å². The molecule has 0 heterocycles. The average Bonchev–Trinajstić information content (AvgIpc) is 2.18. The normalized spacial score (nSPS) is 11.8. The summed E-state index contributed by atoms with van der Waals surface area (Å²) in [5.74, 6) is 0.370. The summed E-state index contributed by atoms with van der Waals surface area (Å²) in [6.45, 7) is 2.60.